The van der Waals surface area contributed by atoms with E-state index in [0.29, 0.717) is 21.1 Å². The van der Waals surface area contributed by atoms with Crippen LogP contribution in [-0.2, 0) is 4.79 Å². The molecular formula is C16H14N4O4S2. The number of hydrogen-bond acceptors (Lipinski definition) is 7. The topological polar surface area (TPSA) is 118 Å². The Hall–Kier alpha value is -2.72. The largest absolute Gasteiger partial charge is 0.325 e. The van der Waals surface area contributed by atoms with Gasteiger partial charge in [0.15, 0.2) is 5.16 Å². The lowest BCUT2D eigenvalue weighted by Gasteiger charge is -2.08. The Kier molecular flexibility index (Phi) is 5.05. The summed E-state index contributed by atoms with van der Waals surface area (Å²) < 4.78 is 0. The maximum absolute atomic E-state index is 12.2. The number of H-pyrrole nitrogens is 1. The van der Waals surface area contributed by atoms with Crippen molar-refractivity contribution in [3.05, 3.63) is 55.2 Å². The van der Waals surface area contributed by atoms with E-state index in [9.17, 15) is 19.7 Å². The molecule has 10 heteroatoms. The molecule has 0 radical (unpaired) electrons. The molecule has 1 amide bonds. The van der Waals surface area contributed by atoms with Crippen LogP contribution in [0.25, 0.3) is 10.2 Å². The number of aromatic amines is 1. The van der Waals surface area contributed by atoms with E-state index in [-0.39, 0.29) is 22.9 Å². The van der Waals surface area contributed by atoms with Gasteiger partial charge in [0.25, 0.3) is 11.2 Å². The van der Waals surface area contributed by atoms with Crippen molar-refractivity contribution in [2.24, 2.45) is 0 Å². The molecule has 0 fully saturated rings. The summed E-state index contributed by atoms with van der Waals surface area (Å²) in [5.74, 6) is -0.329. The lowest BCUT2D eigenvalue weighted by atomic mass is 10.2. The van der Waals surface area contributed by atoms with Gasteiger partial charge in [-0.15, -0.1) is 11.3 Å². The number of aryl methyl sites for hydroxylation is 2. The molecule has 0 unspecified atom stereocenters. The molecule has 0 bridgehead atoms. The minimum Gasteiger partial charge on any atom is -0.325 e. The summed E-state index contributed by atoms with van der Waals surface area (Å²) in [6.07, 6.45) is 0. The molecule has 2 aromatic heterocycles. The van der Waals surface area contributed by atoms with Crippen LogP contribution in [-0.4, -0.2) is 26.6 Å². The average Bonchev–Trinajstić information content (AvgIpc) is 2.96. The van der Waals surface area contributed by atoms with E-state index in [1.165, 1.54) is 23.5 Å². The summed E-state index contributed by atoms with van der Waals surface area (Å²) in [4.78, 5) is 43.1. The highest BCUT2D eigenvalue weighted by Crippen LogP contribution is 2.24. The van der Waals surface area contributed by atoms with Crippen molar-refractivity contribution in [2.75, 3.05) is 11.1 Å². The molecule has 8 nitrogen and oxygen atoms in total. The second-order valence-electron chi connectivity index (χ2n) is 5.54. The SMILES string of the molecule is Cc1cc2c(=O)[nH]c(SCC(=O)Nc3cc([N+](=O)[O-])ccc3C)nc2s1. The Morgan fingerprint density at radius 3 is 2.88 bits per heavy atom. The Morgan fingerprint density at radius 1 is 1.38 bits per heavy atom. The zero-order valence-electron chi connectivity index (χ0n) is 13.9. The Bertz CT molecular complexity index is 1070. The van der Waals surface area contributed by atoms with E-state index in [0.717, 1.165) is 22.2 Å². The van der Waals surface area contributed by atoms with Gasteiger partial charge in [-0.05, 0) is 25.5 Å². The normalized spacial score (nSPS) is 10.8. The first kappa shape index (κ1) is 18.1. The number of nitro groups is 1. The van der Waals surface area contributed by atoms with Crippen LogP contribution in [0.15, 0.2) is 34.2 Å². The number of hydrogen-bond donors (Lipinski definition) is 2. The van der Waals surface area contributed by atoms with Crippen molar-refractivity contribution >= 4 is 50.6 Å². The number of carbonyl (C=O) groups is 1. The number of non-ortho nitro benzene ring substituents is 1. The molecule has 3 rings (SSSR count). The van der Waals surface area contributed by atoms with Crippen LogP contribution in [0.1, 0.15) is 10.4 Å². The third-order valence-corrected chi connectivity index (χ3v) is 5.37. The fourth-order valence-corrected chi connectivity index (χ4v) is 3.88. The van der Waals surface area contributed by atoms with Crippen molar-refractivity contribution in [3.8, 4) is 0 Å². The van der Waals surface area contributed by atoms with Gasteiger partial charge in [-0.25, -0.2) is 4.98 Å². The summed E-state index contributed by atoms with van der Waals surface area (Å²) >= 11 is 2.51. The molecule has 0 aliphatic heterocycles. The fourth-order valence-electron chi connectivity index (χ4n) is 2.28. The van der Waals surface area contributed by atoms with E-state index >= 15 is 0 Å². The molecule has 0 aliphatic carbocycles. The van der Waals surface area contributed by atoms with Crippen LogP contribution in [0.2, 0.25) is 0 Å². The number of benzene rings is 1. The zero-order valence-corrected chi connectivity index (χ0v) is 15.5. The first-order valence-electron chi connectivity index (χ1n) is 7.51. The van der Waals surface area contributed by atoms with Crippen LogP contribution in [0, 0.1) is 24.0 Å². The van der Waals surface area contributed by atoms with E-state index in [1.54, 1.807) is 19.1 Å². The van der Waals surface area contributed by atoms with Gasteiger partial charge in [0.1, 0.15) is 4.83 Å². The van der Waals surface area contributed by atoms with Crippen LogP contribution in [0.5, 0.6) is 0 Å². The van der Waals surface area contributed by atoms with Crippen LogP contribution < -0.4 is 10.9 Å². The molecule has 0 saturated carbocycles. The lowest BCUT2D eigenvalue weighted by Crippen LogP contribution is -2.16. The first-order valence-corrected chi connectivity index (χ1v) is 9.32. The minimum absolute atomic E-state index is 0.0148. The van der Waals surface area contributed by atoms with Crippen molar-refractivity contribution in [2.45, 2.75) is 19.0 Å². The van der Waals surface area contributed by atoms with Gasteiger partial charge in [-0.2, -0.15) is 0 Å². The van der Waals surface area contributed by atoms with E-state index < -0.39 is 4.92 Å². The maximum atomic E-state index is 12.2. The predicted octanol–water partition coefficient (Wildman–Crippen LogP) is 3.24. The zero-order chi connectivity index (χ0) is 18.8. The summed E-state index contributed by atoms with van der Waals surface area (Å²) in [5.41, 5.74) is 0.770. The van der Waals surface area contributed by atoms with Crippen molar-refractivity contribution in [1.29, 1.82) is 0 Å². The molecule has 0 saturated heterocycles. The molecule has 3 aromatic rings. The molecule has 2 N–H and O–H groups in total. The van der Waals surface area contributed by atoms with Crippen molar-refractivity contribution in [1.82, 2.24) is 9.97 Å². The number of nitrogens with zero attached hydrogens (tertiary/aromatic N) is 2. The standard InChI is InChI=1S/C16H14N4O4S2/c1-8-3-4-10(20(23)24)6-12(8)17-13(21)7-25-16-18-14(22)11-5-9(2)26-15(11)19-16/h3-6H,7H2,1-2H3,(H,17,21)(H,18,19,22). The lowest BCUT2D eigenvalue weighted by molar-refractivity contribution is -0.384. The minimum atomic E-state index is -0.517. The molecule has 26 heavy (non-hydrogen) atoms. The molecule has 1 aromatic carbocycles. The van der Waals surface area contributed by atoms with Gasteiger partial charge in [0.2, 0.25) is 5.91 Å². The molecule has 134 valence electrons. The van der Waals surface area contributed by atoms with Crippen LogP contribution >= 0.6 is 23.1 Å². The quantitative estimate of drug-likeness (QED) is 0.299. The Balaban J connectivity index is 1.70. The summed E-state index contributed by atoms with van der Waals surface area (Å²) in [6, 6.07) is 6.05. The summed E-state index contributed by atoms with van der Waals surface area (Å²) in [7, 11) is 0. The van der Waals surface area contributed by atoms with Crippen LogP contribution in [0.4, 0.5) is 11.4 Å². The van der Waals surface area contributed by atoms with E-state index in [4.69, 9.17) is 0 Å². The monoisotopic (exact) mass is 390 g/mol. The first-order chi connectivity index (χ1) is 12.3. The maximum Gasteiger partial charge on any atom is 0.271 e. The molecule has 0 aliphatic rings. The number of aromatic nitrogens is 2. The highest BCUT2D eigenvalue weighted by molar-refractivity contribution is 7.99. The third-order valence-electron chi connectivity index (χ3n) is 3.55. The molecule has 0 spiro atoms. The number of rotatable bonds is 5. The molecule has 0 atom stereocenters. The number of amides is 1. The van der Waals surface area contributed by atoms with Crippen molar-refractivity contribution < 1.29 is 9.72 Å². The number of thioether (sulfide) groups is 1. The van der Waals surface area contributed by atoms with Crippen LogP contribution in [0.3, 0.4) is 0 Å². The van der Waals surface area contributed by atoms with Gasteiger partial charge in [-0.3, -0.25) is 19.7 Å². The molecule has 2 heterocycles. The fraction of sp³-hybridized carbons (Fsp3) is 0.188. The number of thiophene rings is 1. The van der Waals surface area contributed by atoms with E-state index in [2.05, 4.69) is 15.3 Å². The second-order valence-corrected chi connectivity index (χ2v) is 7.74. The number of carbonyl (C=O) groups excluding carboxylic acids is 1. The number of nitro benzene ring substituents is 1. The summed E-state index contributed by atoms with van der Waals surface area (Å²) in [5, 5.41) is 14.4. The predicted molar refractivity (Wildman–Crippen MR) is 102 cm³/mol. The highest BCUT2D eigenvalue weighted by Gasteiger charge is 2.13. The highest BCUT2D eigenvalue weighted by atomic mass is 32.2. The third kappa shape index (κ3) is 3.92. The van der Waals surface area contributed by atoms with Gasteiger partial charge in [0.05, 0.1) is 21.7 Å². The van der Waals surface area contributed by atoms with Gasteiger partial charge in [0, 0.05) is 17.0 Å². The molecular weight excluding hydrogens is 376 g/mol. The van der Waals surface area contributed by atoms with Gasteiger partial charge < -0.3 is 10.3 Å². The number of anilines is 1. The Labute approximate surface area is 155 Å². The number of fused-ring (bicyclic) bond motifs is 1. The number of nitrogens with one attached hydrogen (secondary N) is 2. The summed E-state index contributed by atoms with van der Waals surface area (Å²) in [6.45, 7) is 3.64. The average molecular weight is 390 g/mol. The Morgan fingerprint density at radius 2 is 2.15 bits per heavy atom. The van der Waals surface area contributed by atoms with Gasteiger partial charge in [-0.1, -0.05) is 17.8 Å². The van der Waals surface area contributed by atoms with E-state index in [1.807, 2.05) is 6.92 Å². The smallest absolute Gasteiger partial charge is 0.271 e. The van der Waals surface area contributed by atoms with Crippen molar-refractivity contribution in [3.63, 3.8) is 0 Å². The van der Waals surface area contributed by atoms with Gasteiger partial charge >= 0.3 is 0 Å². The second kappa shape index (κ2) is 7.26.